The van der Waals surface area contributed by atoms with E-state index in [1.54, 1.807) is 30.3 Å². The summed E-state index contributed by atoms with van der Waals surface area (Å²) < 4.78 is 27.0. The molecule has 0 aromatic heterocycles. The van der Waals surface area contributed by atoms with Crippen molar-refractivity contribution in [1.29, 1.82) is 0 Å². The van der Waals surface area contributed by atoms with Gasteiger partial charge < -0.3 is 10.2 Å². The third-order valence-corrected chi connectivity index (χ3v) is 9.04. The molecule has 0 spiro atoms. The number of hydrogen-bond acceptors (Lipinski definition) is 4. The summed E-state index contributed by atoms with van der Waals surface area (Å²) in [4.78, 5) is 29.4. The van der Waals surface area contributed by atoms with Gasteiger partial charge in [0.2, 0.25) is 21.8 Å². The molecule has 3 aromatic carbocycles. The van der Waals surface area contributed by atoms with Crippen LogP contribution in [0.15, 0.2) is 72.8 Å². The first kappa shape index (κ1) is 33.4. The first-order valence-corrected chi connectivity index (χ1v) is 16.6. The van der Waals surface area contributed by atoms with Gasteiger partial charge in [-0.15, -0.1) is 0 Å². The van der Waals surface area contributed by atoms with Crippen molar-refractivity contribution in [3.05, 3.63) is 99.5 Å². The van der Waals surface area contributed by atoms with Crippen molar-refractivity contribution in [3.8, 4) is 0 Å². The number of halogens is 2. The van der Waals surface area contributed by atoms with Crippen LogP contribution in [-0.2, 0) is 32.6 Å². The zero-order valence-electron chi connectivity index (χ0n) is 24.7. The molecule has 0 saturated heterocycles. The number of carbonyl (C=O) groups is 2. The molecule has 226 valence electrons. The Morgan fingerprint density at radius 2 is 1.48 bits per heavy atom. The van der Waals surface area contributed by atoms with Crippen molar-refractivity contribution >= 4 is 50.7 Å². The second-order valence-corrected chi connectivity index (χ2v) is 13.5. The standard InChI is InChI=1S/C32H39Cl2N3O4S/c1-6-23(4)35-32(39)30(19-24-11-8-7-9-12-24)36(20-27-28(33)13-10-14-29(27)34)31(38)21-37(42(5,40)41)26-17-15-25(16-18-26)22(2)3/h7-18,22-23,30H,6,19-21H2,1-5H3,(H,35,39)/t23-,30+/m0/s1. The molecule has 0 aliphatic carbocycles. The van der Waals surface area contributed by atoms with Crippen molar-refractivity contribution in [2.24, 2.45) is 0 Å². The molecule has 7 nitrogen and oxygen atoms in total. The van der Waals surface area contributed by atoms with E-state index in [1.165, 1.54) is 4.90 Å². The Morgan fingerprint density at radius 3 is 2.00 bits per heavy atom. The molecule has 0 unspecified atom stereocenters. The molecule has 3 rings (SSSR count). The van der Waals surface area contributed by atoms with E-state index in [2.05, 4.69) is 5.32 Å². The van der Waals surface area contributed by atoms with Gasteiger partial charge in [-0.2, -0.15) is 0 Å². The summed E-state index contributed by atoms with van der Waals surface area (Å²) in [7, 11) is -3.86. The normalized spacial score (nSPS) is 13.0. The minimum absolute atomic E-state index is 0.0906. The molecular formula is C32H39Cl2N3O4S. The van der Waals surface area contributed by atoms with Crippen molar-refractivity contribution in [3.63, 3.8) is 0 Å². The monoisotopic (exact) mass is 631 g/mol. The lowest BCUT2D eigenvalue weighted by molar-refractivity contribution is -0.140. The molecule has 0 aliphatic heterocycles. The molecule has 0 fully saturated rings. The molecule has 10 heteroatoms. The Bertz CT molecular complexity index is 1440. The van der Waals surface area contributed by atoms with Gasteiger partial charge in [0.1, 0.15) is 12.6 Å². The summed E-state index contributed by atoms with van der Waals surface area (Å²) in [5.74, 6) is -0.660. The zero-order chi connectivity index (χ0) is 31.0. The summed E-state index contributed by atoms with van der Waals surface area (Å²) in [6.45, 7) is 7.33. The second-order valence-electron chi connectivity index (χ2n) is 10.8. The van der Waals surface area contributed by atoms with E-state index in [0.29, 0.717) is 27.7 Å². The van der Waals surface area contributed by atoms with E-state index >= 15 is 0 Å². The quantitative estimate of drug-likeness (QED) is 0.235. The summed E-state index contributed by atoms with van der Waals surface area (Å²) >= 11 is 13.0. The first-order chi connectivity index (χ1) is 19.8. The summed E-state index contributed by atoms with van der Waals surface area (Å²) in [6.07, 6.45) is 1.96. The number of nitrogens with zero attached hydrogens (tertiary/aromatic N) is 2. The average molecular weight is 633 g/mol. The molecule has 2 amide bonds. The van der Waals surface area contributed by atoms with Gasteiger partial charge in [-0.25, -0.2) is 8.42 Å². The lowest BCUT2D eigenvalue weighted by atomic mass is 10.0. The van der Waals surface area contributed by atoms with Crippen molar-refractivity contribution in [2.45, 2.75) is 65.1 Å². The highest BCUT2D eigenvalue weighted by molar-refractivity contribution is 7.92. The van der Waals surface area contributed by atoms with Crippen LogP contribution in [0, 0.1) is 0 Å². The SMILES string of the molecule is CC[C@H](C)NC(=O)[C@@H](Cc1ccccc1)N(Cc1c(Cl)cccc1Cl)C(=O)CN(c1ccc(C(C)C)cc1)S(C)(=O)=O. The fourth-order valence-electron chi connectivity index (χ4n) is 4.49. The average Bonchev–Trinajstić information content (AvgIpc) is 2.94. The van der Waals surface area contributed by atoms with Crippen LogP contribution in [-0.4, -0.2) is 50.0 Å². The third kappa shape index (κ3) is 8.96. The Labute approximate surface area is 259 Å². The molecule has 0 radical (unpaired) electrons. The third-order valence-electron chi connectivity index (χ3n) is 7.19. The smallest absolute Gasteiger partial charge is 0.244 e. The summed E-state index contributed by atoms with van der Waals surface area (Å²) in [6, 6.07) is 20.4. The molecule has 0 heterocycles. The van der Waals surface area contributed by atoms with Gasteiger partial charge in [-0.3, -0.25) is 13.9 Å². The molecule has 42 heavy (non-hydrogen) atoms. The summed E-state index contributed by atoms with van der Waals surface area (Å²) in [5, 5.41) is 3.68. The number of amides is 2. The number of hydrogen-bond donors (Lipinski definition) is 1. The Hall–Kier alpha value is -3.07. The maximum absolute atomic E-state index is 14.2. The van der Waals surface area contributed by atoms with Gasteiger partial charge >= 0.3 is 0 Å². The second kappa shape index (κ2) is 14.9. The lowest BCUT2D eigenvalue weighted by Gasteiger charge is -2.34. The van der Waals surface area contributed by atoms with E-state index in [9.17, 15) is 18.0 Å². The van der Waals surface area contributed by atoms with E-state index in [0.717, 1.165) is 21.7 Å². The van der Waals surface area contributed by atoms with Gasteiger partial charge in [-0.1, -0.05) is 92.5 Å². The van der Waals surface area contributed by atoms with Crippen LogP contribution in [0.3, 0.4) is 0 Å². The van der Waals surface area contributed by atoms with Crippen LogP contribution in [0.4, 0.5) is 5.69 Å². The van der Waals surface area contributed by atoms with Crippen LogP contribution in [0.5, 0.6) is 0 Å². The van der Waals surface area contributed by atoms with E-state index in [-0.39, 0.29) is 30.8 Å². The molecule has 2 atom stereocenters. The summed E-state index contributed by atoms with van der Waals surface area (Å²) in [5.41, 5.74) is 2.71. The largest absolute Gasteiger partial charge is 0.352 e. The minimum Gasteiger partial charge on any atom is -0.352 e. The van der Waals surface area contributed by atoms with Crippen LogP contribution in [0.2, 0.25) is 10.0 Å². The molecule has 0 saturated carbocycles. The van der Waals surface area contributed by atoms with Crippen LogP contribution < -0.4 is 9.62 Å². The van der Waals surface area contributed by atoms with Crippen LogP contribution in [0.1, 0.15) is 56.7 Å². The highest BCUT2D eigenvalue weighted by Crippen LogP contribution is 2.28. The zero-order valence-corrected chi connectivity index (χ0v) is 27.0. The van der Waals surface area contributed by atoms with E-state index in [1.807, 2.05) is 70.2 Å². The highest BCUT2D eigenvalue weighted by Gasteiger charge is 2.34. The van der Waals surface area contributed by atoms with Gasteiger partial charge in [0.15, 0.2) is 0 Å². The fourth-order valence-corrected chi connectivity index (χ4v) is 5.85. The Balaban J connectivity index is 2.10. The topological polar surface area (TPSA) is 86.8 Å². The molecular weight excluding hydrogens is 593 g/mol. The van der Waals surface area contributed by atoms with Gasteiger partial charge in [0, 0.05) is 34.6 Å². The highest BCUT2D eigenvalue weighted by atomic mass is 35.5. The lowest BCUT2D eigenvalue weighted by Crippen LogP contribution is -2.54. The van der Waals surface area contributed by atoms with E-state index in [4.69, 9.17) is 23.2 Å². The Morgan fingerprint density at radius 1 is 0.881 bits per heavy atom. The molecule has 0 aliphatic rings. The maximum Gasteiger partial charge on any atom is 0.244 e. The van der Waals surface area contributed by atoms with Crippen molar-refractivity contribution in [2.75, 3.05) is 17.1 Å². The predicted molar refractivity (Wildman–Crippen MR) is 172 cm³/mol. The maximum atomic E-state index is 14.2. The molecule has 0 bridgehead atoms. The number of rotatable bonds is 13. The van der Waals surface area contributed by atoms with Crippen LogP contribution in [0.25, 0.3) is 0 Å². The molecule has 1 N–H and O–H groups in total. The Kier molecular flexibility index (Phi) is 11.9. The minimum atomic E-state index is -3.86. The van der Waals surface area contributed by atoms with Crippen molar-refractivity contribution < 1.29 is 18.0 Å². The predicted octanol–water partition coefficient (Wildman–Crippen LogP) is 6.44. The number of nitrogens with one attached hydrogen (secondary N) is 1. The number of sulfonamides is 1. The van der Waals surface area contributed by atoms with Crippen LogP contribution >= 0.6 is 23.2 Å². The number of benzene rings is 3. The van der Waals surface area contributed by atoms with E-state index < -0.39 is 28.5 Å². The van der Waals surface area contributed by atoms with Gasteiger partial charge in [0.05, 0.1) is 11.9 Å². The van der Waals surface area contributed by atoms with Gasteiger partial charge in [-0.05, 0) is 54.7 Å². The van der Waals surface area contributed by atoms with Gasteiger partial charge in [0.25, 0.3) is 0 Å². The number of anilines is 1. The number of carbonyl (C=O) groups excluding carboxylic acids is 2. The van der Waals surface area contributed by atoms with Crippen molar-refractivity contribution in [1.82, 2.24) is 10.2 Å². The fraction of sp³-hybridized carbons (Fsp3) is 0.375. The molecule has 3 aromatic rings. The first-order valence-electron chi connectivity index (χ1n) is 14.0.